The zero-order valence-electron chi connectivity index (χ0n) is 20.0. The molecule has 5 saturated heterocycles. The molecule has 5 aliphatic heterocycles. The number of piperidine rings is 1. The fourth-order valence-electron chi connectivity index (χ4n) is 7.06. The molecule has 0 amide bonds. The predicted octanol–water partition coefficient (Wildman–Crippen LogP) is 3.28. The summed E-state index contributed by atoms with van der Waals surface area (Å²) in [6, 6.07) is 0.637. The van der Waals surface area contributed by atoms with Gasteiger partial charge in [-0.05, 0) is 77.9 Å². The van der Waals surface area contributed by atoms with Crippen LogP contribution < -0.4 is 5.32 Å². The van der Waals surface area contributed by atoms with Crippen LogP contribution in [-0.4, -0.2) is 67.7 Å². The summed E-state index contributed by atoms with van der Waals surface area (Å²) in [4.78, 5) is 14.6. The Morgan fingerprint density at radius 3 is 2.52 bits per heavy atom. The summed E-state index contributed by atoms with van der Waals surface area (Å²) in [6.45, 7) is 12.5. The van der Waals surface area contributed by atoms with Crippen molar-refractivity contribution in [3.8, 4) is 0 Å². The van der Waals surface area contributed by atoms with Crippen LogP contribution in [0.4, 0.5) is 0 Å². The van der Waals surface area contributed by atoms with Crippen molar-refractivity contribution in [3.05, 3.63) is 0 Å². The maximum Gasteiger partial charge on any atom is 0.201 e. The molecule has 1 aliphatic carbocycles. The molecule has 6 rings (SSSR count). The van der Waals surface area contributed by atoms with Crippen LogP contribution in [0, 0.1) is 23.7 Å². The molecule has 1 N–H and O–H groups in total. The van der Waals surface area contributed by atoms with Gasteiger partial charge in [0.15, 0.2) is 17.7 Å². The maximum absolute atomic E-state index is 6.69. The van der Waals surface area contributed by atoms with Gasteiger partial charge in [0.25, 0.3) is 0 Å². The summed E-state index contributed by atoms with van der Waals surface area (Å²) in [6.07, 6.45) is 6.16. The zero-order chi connectivity index (χ0) is 21.9. The lowest BCUT2D eigenvalue weighted by Crippen LogP contribution is -2.73. The van der Waals surface area contributed by atoms with Gasteiger partial charge < -0.3 is 24.4 Å². The molecule has 0 aromatic rings. The molecule has 7 heteroatoms. The van der Waals surface area contributed by atoms with E-state index in [9.17, 15) is 0 Å². The van der Waals surface area contributed by atoms with Crippen LogP contribution >= 0.6 is 0 Å². The molecule has 0 radical (unpaired) electrons. The number of hydrogen-bond donors (Lipinski definition) is 1. The summed E-state index contributed by atoms with van der Waals surface area (Å²) in [7, 11) is 2.22. The number of likely N-dealkylation sites (N-methyl/N-ethyl adjacent to an activating group) is 1. The first-order chi connectivity index (χ1) is 14.8. The summed E-state index contributed by atoms with van der Waals surface area (Å²) < 4.78 is 19.7. The van der Waals surface area contributed by atoms with E-state index >= 15 is 0 Å². The third-order valence-electron chi connectivity index (χ3n) is 9.31. The van der Waals surface area contributed by atoms with Gasteiger partial charge in [-0.2, -0.15) is 0 Å². The van der Waals surface area contributed by atoms with Gasteiger partial charge in [0, 0.05) is 30.8 Å². The van der Waals surface area contributed by atoms with Crippen LogP contribution in [0.5, 0.6) is 0 Å². The Balaban J connectivity index is 1.31. The van der Waals surface area contributed by atoms with Crippen molar-refractivity contribution >= 4 is 0 Å². The van der Waals surface area contributed by atoms with E-state index in [0.29, 0.717) is 30.4 Å². The average Bonchev–Trinajstić information content (AvgIpc) is 2.98. The third-order valence-corrected chi connectivity index (χ3v) is 9.31. The predicted molar refractivity (Wildman–Crippen MR) is 116 cm³/mol. The van der Waals surface area contributed by atoms with Gasteiger partial charge in [0.05, 0.1) is 6.61 Å². The molecule has 1 spiro atoms. The summed E-state index contributed by atoms with van der Waals surface area (Å²) in [5.41, 5.74) is -0.526. The van der Waals surface area contributed by atoms with Gasteiger partial charge >= 0.3 is 0 Å². The normalized spacial score (nSPS) is 50.3. The van der Waals surface area contributed by atoms with E-state index < -0.39 is 23.5 Å². The Kier molecular flexibility index (Phi) is 5.94. The number of hydrogen-bond acceptors (Lipinski definition) is 7. The fraction of sp³-hybridized carbons (Fsp3) is 1.00. The minimum Gasteiger partial charge on any atom is -0.348 e. The molecule has 178 valence electrons. The van der Waals surface area contributed by atoms with Gasteiger partial charge in [0.2, 0.25) is 5.79 Å². The quantitative estimate of drug-likeness (QED) is 0.661. The highest BCUT2D eigenvalue weighted by molar-refractivity contribution is 5.10. The first kappa shape index (κ1) is 22.5. The summed E-state index contributed by atoms with van der Waals surface area (Å²) >= 11 is 0. The summed E-state index contributed by atoms with van der Waals surface area (Å²) in [5, 5.41) is 3.45. The van der Waals surface area contributed by atoms with Crippen LogP contribution in [0.15, 0.2) is 0 Å². The molecule has 8 atom stereocenters. The number of fused-ring (bicyclic) bond motifs is 2. The highest BCUT2D eigenvalue weighted by Gasteiger charge is 2.71. The average molecular weight is 439 g/mol. The van der Waals surface area contributed by atoms with E-state index in [-0.39, 0.29) is 5.92 Å². The molecule has 2 bridgehead atoms. The largest absolute Gasteiger partial charge is 0.348 e. The minimum absolute atomic E-state index is 0.192. The van der Waals surface area contributed by atoms with Gasteiger partial charge in [-0.15, -0.1) is 0 Å². The highest BCUT2D eigenvalue weighted by Crippen LogP contribution is 2.62. The lowest BCUT2D eigenvalue weighted by atomic mass is 9.57. The van der Waals surface area contributed by atoms with Crippen LogP contribution in [0.1, 0.15) is 66.2 Å². The van der Waals surface area contributed by atoms with Gasteiger partial charge in [-0.25, -0.2) is 9.78 Å². The van der Waals surface area contributed by atoms with Crippen molar-refractivity contribution in [2.75, 3.05) is 33.3 Å². The number of rotatable bonds is 5. The van der Waals surface area contributed by atoms with Crippen molar-refractivity contribution in [2.45, 2.75) is 95.7 Å². The molecule has 0 aromatic heterocycles. The topological polar surface area (TPSA) is 61.4 Å². The number of ether oxygens (including phenoxy) is 3. The monoisotopic (exact) mass is 438 g/mol. The second-order valence-corrected chi connectivity index (χ2v) is 11.1. The second-order valence-electron chi connectivity index (χ2n) is 11.1. The Morgan fingerprint density at radius 1 is 0.968 bits per heavy atom. The molecule has 0 unspecified atom stereocenters. The van der Waals surface area contributed by atoms with Crippen molar-refractivity contribution in [2.24, 2.45) is 23.7 Å². The molecule has 0 aromatic carbocycles. The number of nitrogens with one attached hydrogen (secondary N) is 1. The smallest absolute Gasteiger partial charge is 0.201 e. The molecule has 31 heavy (non-hydrogen) atoms. The molecule has 6 aliphatic rings. The maximum atomic E-state index is 6.69. The van der Waals surface area contributed by atoms with Gasteiger partial charge in [-0.3, -0.25) is 0 Å². The Hall–Kier alpha value is -0.280. The Morgan fingerprint density at radius 2 is 1.74 bits per heavy atom. The molecular formula is C24H42N2O5. The molecular weight excluding hydrogens is 396 g/mol. The minimum atomic E-state index is -0.742. The Bertz CT molecular complexity index is 660. The van der Waals surface area contributed by atoms with Crippen LogP contribution in [0.25, 0.3) is 0 Å². The zero-order valence-corrected chi connectivity index (χ0v) is 20.0. The van der Waals surface area contributed by atoms with Crippen molar-refractivity contribution in [1.29, 1.82) is 0 Å². The fourth-order valence-corrected chi connectivity index (χ4v) is 7.06. The second kappa shape index (κ2) is 8.19. The lowest BCUT2D eigenvalue weighted by Gasteiger charge is -2.62. The van der Waals surface area contributed by atoms with E-state index in [0.717, 1.165) is 38.9 Å². The number of nitrogens with zero attached hydrogens (tertiary/aromatic N) is 1. The molecule has 6 fully saturated rings. The molecule has 5 heterocycles. The van der Waals surface area contributed by atoms with Crippen molar-refractivity contribution in [1.82, 2.24) is 10.2 Å². The first-order valence-electron chi connectivity index (χ1n) is 12.5. The first-order valence-corrected chi connectivity index (χ1v) is 12.5. The van der Waals surface area contributed by atoms with Gasteiger partial charge in [0.1, 0.15) is 0 Å². The molecule has 1 saturated carbocycles. The van der Waals surface area contributed by atoms with E-state index in [1.807, 2.05) is 6.92 Å². The van der Waals surface area contributed by atoms with E-state index in [1.54, 1.807) is 0 Å². The van der Waals surface area contributed by atoms with Gasteiger partial charge in [-0.1, -0.05) is 13.8 Å². The molecule has 7 nitrogen and oxygen atoms in total. The standard InChI is InChI=1S/C24H42N2O5/c1-16-6-7-20-17(2)23(4,27-15-14-26(5)18-9-12-25-13-10-18)29-21-24(20)19(16)8-11-22(3,28-21)30-31-24/h16-21,25H,6-15H2,1-5H3/t16-,17-,19+,20+,21+,22+,23+,24-/m1/s1. The van der Waals surface area contributed by atoms with E-state index in [4.69, 9.17) is 24.0 Å². The van der Waals surface area contributed by atoms with Crippen LogP contribution in [0.2, 0.25) is 0 Å². The van der Waals surface area contributed by atoms with Crippen LogP contribution in [-0.2, 0) is 24.0 Å². The summed E-state index contributed by atoms with van der Waals surface area (Å²) in [5.74, 6) is 0.0172. The van der Waals surface area contributed by atoms with E-state index in [1.165, 1.54) is 19.3 Å². The van der Waals surface area contributed by atoms with Crippen molar-refractivity contribution in [3.63, 3.8) is 0 Å². The third kappa shape index (κ3) is 3.69. The Labute approximate surface area is 187 Å². The highest BCUT2D eigenvalue weighted by atomic mass is 17.3. The SMILES string of the molecule is C[C@@H]1CC[C@H]2[C@@H](C)[C@@](C)(OCCN(C)C3CCNCC3)O[C@@H]3O[C@]4(C)CC[C@@H]1[C@]32OO4. The van der Waals surface area contributed by atoms with E-state index in [2.05, 4.69) is 38.0 Å². The lowest BCUT2D eigenvalue weighted by molar-refractivity contribution is -0.585. The van der Waals surface area contributed by atoms with Crippen LogP contribution in [0.3, 0.4) is 0 Å². The van der Waals surface area contributed by atoms with Crippen molar-refractivity contribution < 1.29 is 24.0 Å².